The lowest BCUT2D eigenvalue weighted by Gasteiger charge is -2.41. The van der Waals surface area contributed by atoms with Crippen LogP contribution < -0.4 is 5.46 Å². The third-order valence-corrected chi connectivity index (χ3v) is 7.62. The first-order valence-corrected chi connectivity index (χ1v) is 10.7. The highest BCUT2D eigenvalue weighted by Crippen LogP contribution is 2.51. The first-order chi connectivity index (χ1) is 13.0. The Morgan fingerprint density at radius 3 is 3.07 bits per heavy atom. The fraction of sp³-hybridized carbons (Fsp3) is 0.556. The minimum atomic E-state index is -0.917. The quantitative estimate of drug-likeness (QED) is 0.293. The Hall–Kier alpha value is -1.17. The van der Waals surface area contributed by atoms with Crippen molar-refractivity contribution >= 4 is 51.8 Å². The molecule has 3 aliphatic rings. The average molecular weight is 480 g/mol. The molecule has 9 heteroatoms. The van der Waals surface area contributed by atoms with E-state index in [2.05, 4.69) is 32.6 Å². The maximum Gasteiger partial charge on any atom is 0.468 e. The van der Waals surface area contributed by atoms with E-state index in [9.17, 15) is 15.2 Å². The zero-order chi connectivity index (χ0) is 18.8. The number of pyridine rings is 1. The minimum absolute atomic E-state index is 0.0789. The molecular weight excluding hydrogens is 458 g/mol. The van der Waals surface area contributed by atoms with E-state index in [1.165, 1.54) is 0 Å². The van der Waals surface area contributed by atoms with Crippen molar-refractivity contribution < 1.29 is 15.2 Å². The summed E-state index contributed by atoms with van der Waals surface area (Å²) in [7, 11) is -0.917. The van der Waals surface area contributed by atoms with Gasteiger partial charge in [0.15, 0.2) is 0 Å². The lowest BCUT2D eigenvalue weighted by Crippen LogP contribution is -2.55. The second-order valence-electron chi connectivity index (χ2n) is 8.05. The molecule has 4 atom stereocenters. The Labute approximate surface area is 171 Å². The Kier molecular flexibility index (Phi) is 4.26. The molecule has 4 N–H and O–H groups in total. The van der Waals surface area contributed by atoms with Gasteiger partial charge in [0.25, 0.3) is 0 Å². The van der Waals surface area contributed by atoms with Crippen molar-refractivity contribution in [2.75, 3.05) is 13.2 Å². The average Bonchev–Trinajstić information content (AvgIpc) is 3.22. The minimum Gasteiger partial charge on any atom is -0.428 e. The van der Waals surface area contributed by atoms with Crippen LogP contribution in [0.15, 0.2) is 23.6 Å². The first kappa shape index (κ1) is 17.9. The predicted octanol–water partition coefficient (Wildman–Crippen LogP) is 0.617. The number of nitrogens with zero attached hydrogens (tertiary/aromatic N) is 3. The van der Waals surface area contributed by atoms with Gasteiger partial charge in [0, 0.05) is 45.2 Å². The van der Waals surface area contributed by atoms with E-state index in [4.69, 9.17) is 5.10 Å². The van der Waals surface area contributed by atoms with Crippen molar-refractivity contribution in [2.24, 2.45) is 16.9 Å². The molecule has 1 aliphatic heterocycles. The number of aromatic amines is 1. The number of aromatic nitrogens is 2. The van der Waals surface area contributed by atoms with Crippen LogP contribution in [-0.2, 0) is 0 Å². The number of aliphatic hydroxyl groups excluding tert-OH is 1. The molecule has 2 aromatic rings. The molecule has 27 heavy (non-hydrogen) atoms. The number of β-amino-alcohol motifs (C(OH)–C–C–N with tert-alkyl or cyclic N) is 1. The number of fused-ring (bicyclic) bond motifs is 5. The zero-order valence-corrected chi connectivity index (χ0v) is 17.0. The fourth-order valence-electron chi connectivity index (χ4n) is 5.23. The summed E-state index contributed by atoms with van der Waals surface area (Å²) in [4.78, 5) is 9.17. The highest BCUT2D eigenvalue weighted by atomic mass is 127. The molecule has 142 valence electrons. The second-order valence-corrected chi connectivity index (χ2v) is 9.65. The van der Waals surface area contributed by atoms with E-state index in [1.54, 1.807) is 11.1 Å². The number of aliphatic hydroxyl groups is 2. The molecule has 2 bridgehead atoms. The summed E-state index contributed by atoms with van der Waals surface area (Å²) in [5, 5.41) is 36.8. The largest absolute Gasteiger partial charge is 0.468 e. The van der Waals surface area contributed by atoms with E-state index >= 15 is 0 Å². The Balaban J connectivity index is 1.68. The summed E-state index contributed by atoms with van der Waals surface area (Å²) in [5.74, 6) is 0.590. The lowest BCUT2D eigenvalue weighted by atomic mass is 9.65. The van der Waals surface area contributed by atoms with Gasteiger partial charge in [0.1, 0.15) is 5.65 Å². The predicted molar refractivity (Wildman–Crippen MR) is 112 cm³/mol. The molecule has 2 aromatic heterocycles. The normalized spacial score (nSPS) is 32.7. The van der Waals surface area contributed by atoms with Gasteiger partial charge in [0.05, 0.1) is 17.9 Å². The van der Waals surface area contributed by atoms with E-state index in [0.717, 1.165) is 53.5 Å². The molecule has 5 rings (SSSR count). The molecule has 0 saturated heterocycles. The third-order valence-electron chi connectivity index (χ3n) is 6.41. The van der Waals surface area contributed by atoms with Crippen LogP contribution >= 0.6 is 22.6 Å². The van der Waals surface area contributed by atoms with Crippen LogP contribution in [0.2, 0.25) is 0 Å². The molecule has 0 spiro atoms. The Bertz CT molecular complexity index is 921. The number of nitrogens with one attached hydrogen (secondary N) is 1. The van der Waals surface area contributed by atoms with E-state index in [1.807, 2.05) is 12.3 Å². The monoisotopic (exact) mass is 480 g/mol. The SMILES string of the molecule is OCCN1N=C([C@@H]2[C@H]3CC[C@](O)(C3)C[C@H]2I)c2c(cnc3[nH]ccc23)B1O. The maximum atomic E-state index is 10.8. The van der Waals surface area contributed by atoms with Gasteiger partial charge in [-0.15, -0.1) is 0 Å². The van der Waals surface area contributed by atoms with Crippen LogP contribution in [0.3, 0.4) is 0 Å². The van der Waals surface area contributed by atoms with Crippen LogP contribution in [0.1, 0.15) is 31.2 Å². The third kappa shape index (κ3) is 2.73. The molecule has 2 aliphatic carbocycles. The highest BCUT2D eigenvalue weighted by Gasteiger charge is 2.52. The zero-order valence-electron chi connectivity index (χ0n) is 14.8. The first-order valence-electron chi connectivity index (χ1n) is 9.47. The van der Waals surface area contributed by atoms with Crippen LogP contribution in [0.4, 0.5) is 0 Å². The van der Waals surface area contributed by atoms with Crippen LogP contribution in [0, 0.1) is 11.8 Å². The highest BCUT2D eigenvalue weighted by molar-refractivity contribution is 14.1. The summed E-state index contributed by atoms with van der Waals surface area (Å²) in [6.45, 7) is 0.188. The topological polar surface area (TPSA) is 105 Å². The number of hydrogen-bond acceptors (Lipinski definition) is 6. The number of hydrogen-bond donors (Lipinski definition) is 4. The van der Waals surface area contributed by atoms with E-state index in [-0.39, 0.29) is 23.0 Å². The van der Waals surface area contributed by atoms with E-state index in [0.29, 0.717) is 5.92 Å². The number of hydrazone groups is 1. The van der Waals surface area contributed by atoms with Crippen LogP contribution in [0.5, 0.6) is 0 Å². The van der Waals surface area contributed by atoms with Gasteiger partial charge in [-0.05, 0) is 37.7 Å². The van der Waals surface area contributed by atoms with Gasteiger partial charge in [0.2, 0.25) is 0 Å². The van der Waals surface area contributed by atoms with Crippen molar-refractivity contribution in [1.29, 1.82) is 0 Å². The van der Waals surface area contributed by atoms with Crippen molar-refractivity contribution in [3.63, 3.8) is 0 Å². The van der Waals surface area contributed by atoms with Crippen LogP contribution in [-0.4, -0.2) is 65.6 Å². The summed E-state index contributed by atoms with van der Waals surface area (Å²) in [6.07, 6.45) is 7.01. The summed E-state index contributed by atoms with van der Waals surface area (Å²) >= 11 is 2.46. The Morgan fingerprint density at radius 1 is 1.41 bits per heavy atom. The summed E-state index contributed by atoms with van der Waals surface area (Å²) < 4.78 is 0.272. The maximum absolute atomic E-state index is 10.8. The fourth-order valence-corrected chi connectivity index (χ4v) is 6.98. The number of rotatable bonds is 3. The molecule has 7 nitrogen and oxygen atoms in total. The molecule has 0 unspecified atom stereocenters. The van der Waals surface area contributed by atoms with Gasteiger partial charge in [-0.1, -0.05) is 22.6 Å². The van der Waals surface area contributed by atoms with Crippen LogP contribution in [0.25, 0.3) is 11.0 Å². The Morgan fingerprint density at radius 2 is 2.26 bits per heavy atom. The van der Waals surface area contributed by atoms with Crippen molar-refractivity contribution in [3.05, 3.63) is 24.0 Å². The van der Waals surface area contributed by atoms with E-state index < -0.39 is 12.7 Å². The standard InChI is InChI=1S/C18H22BIN4O3/c20-13-8-18(26)3-1-10(7-18)14(13)16-15-11-2-4-21-17(11)22-9-12(15)19(27)24(23-16)5-6-25/h2,4,9-10,13-14,25-27H,1,3,5-8H2,(H,21,22)/t10-,13+,14+,18-/m0/s1. The van der Waals surface area contributed by atoms with Gasteiger partial charge < -0.3 is 25.1 Å². The van der Waals surface area contributed by atoms with Gasteiger partial charge in [-0.3, -0.25) is 0 Å². The van der Waals surface area contributed by atoms with Gasteiger partial charge in [-0.25, -0.2) is 4.98 Å². The van der Waals surface area contributed by atoms with Gasteiger partial charge in [-0.2, -0.15) is 5.10 Å². The number of H-pyrrole nitrogens is 1. The molecule has 2 saturated carbocycles. The molecule has 0 radical (unpaired) electrons. The lowest BCUT2D eigenvalue weighted by molar-refractivity contribution is 0.0176. The number of halogens is 1. The molecular formula is C18H22BIN4O3. The van der Waals surface area contributed by atoms with Crippen molar-refractivity contribution in [1.82, 2.24) is 14.9 Å². The van der Waals surface area contributed by atoms with Gasteiger partial charge >= 0.3 is 7.05 Å². The number of alkyl halides is 1. The summed E-state index contributed by atoms with van der Waals surface area (Å²) in [5.41, 5.74) is 2.92. The summed E-state index contributed by atoms with van der Waals surface area (Å²) in [6, 6.07) is 1.99. The molecule has 0 aromatic carbocycles. The molecule has 0 amide bonds. The smallest absolute Gasteiger partial charge is 0.428 e. The second kappa shape index (κ2) is 6.43. The molecule has 3 heterocycles. The van der Waals surface area contributed by atoms with Crippen molar-refractivity contribution in [3.8, 4) is 0 Å². The molecule has 2 fully saturated rings. The van der Waals surface area contributed by atoms with Crippen molar-refractivity contribution in [2.45, 2.75) is 35.2 Å².